The molecule has 0 fully saturated rings. The summed E-state index contributed by atoms with van der Waals surface area (Å²) < 4.78 is -0.963. The highest BCUT2D eigenvalue weighted by molar-refractivity contribution is 9.10. The van der Waals surface area contributed by atoms with Gasteiger partial charge < -0.3 is 10.5 Å². The Labute approximate surface area is 135 Å². The van der Waals surface area contributed by atoms with E-state index in [2.05, 4.69) is 20.9 Å². The van der Waals surface area contributed by atoms with E-state index in [1.165, 1.54) is 0 Å². The third-order valence-electron chi connectivity index (χ3n) is 2.61. The number of nitrogens with two attached hydrogens (primary N) is 1. The molecule has 0 radical (unpaired) electrons. The maximum atomic E-state index is 11.5. The molecule has 0 amide bonds. The van der Waals surface area contributed by atoms with E-state index in [1.54, 1.807) is 36.5 Å². The van der Waals surface area contributed by atoms with Crippen LogP contribution in [-0.2, 0) is 9.12 Å². The summed E-state index contributed by atoms with van der Waals surface area (Å²) in [6.45, 7) is 0. The molecule has 3 nitrogen and oxygen atoms in total. The summed E-state index contributed by atoms with van der Waals surface area (Å²) in [4.78, 5) is 15.4. The van der Waals surface area contributed by atoms with Crippen LogP contribution in [0.3, 0.4) is 0 Å². The summed E-state index contributed by atoms with van der Waals surface area (Å²) in [5.74, 6) is 0.361. The van der Waals surface area contributed by atoms with Crippen molar-refractivity contribution in [1.82, 2.24) is 4.98 Å². The Kier molecular flexibility index (Phi) is 5.52. The molecule has 0 saturated heterocycles. The summed E-state index contributed by atoms with van der Waals surface area (Å²) in [7, 11) is 0. The number of alkyl halides is 1. The Bertz CT molecular complexity index is 547. The second kappa shape index (κ2) is 6.50. The number of benzene rings is 1. The maximum absolute atomic E-state index is 11.5. The van der Waals surface area contributed by atoms with Crippen molar-refractivity contribution in [2.45, 2.75) is 4.32 Å². The Morgan fingerprint density at radius 3 is 2.53 bits per heavy atom. The van der Waals surface area contributed by atoms with E-state index < -0.39 is 4.32 Å². The van der Waals surface area contributed by atoms with Gasteiger partial charge in [0.15, 0.2) is 0 Å². The van der Waals surface area contributed by atoms with E-state index in [-0.39, 0.29) is 17.0 Å². The minimum atomic E-state index is -0.963. The highest BCUT2D eigenvalue weighted by atomic mass is 79.9. The number of carbonyl (C=O) groups excluding carboxylic acids is 1. The van der Waals surface area contributed by atoms with Crippen molar-refractivity contribution in [2.24, 2.45) is 0 Å². The van der Waals surface area contributed by atoms with Crippen LogP contribution in [0, 0.1) is 0 Å². The van der Waals surface area contributed by atoms with Crippen LogP contribution in [0.25, 0.3) is 0 Å². The van der Waals surface area contributed by atoms with Crippen LogP contribution in [0.15, 0.2) is 42.6 Å². The molecule has 6 heteroatoms. The highest BCUT2D eigenvalue weighted by Gasteiger charge is 2.31. The lowest BCUT2D eigenvalue weighted by Gasteiger charge is -2.22. The predicted octanol–water partition coefficient (Wildman–Crippen LogP) is 3.73. The van der Waals surface area contributed by atoms with Crippen LogP contribution in [0.4, 0.5) is 5.82 Å². The summed E-state index contributed by atoms with van der Waals surface area (Å²) in [6.07, 6.45) is 2.38. The number of aromatic nitrogens is 1. The van der Waals surface area contributed by atoms with Crippen LogP contribution in [0.1, 0.15) is 11.1 Å². The number of aldehydes is 1. The molecular formula is C13H11Br2ClN2O. The molecular weight excluding hydrogens is 395 g/mol. The van der Waals surface area contributed by atoms with Crippen molar-refractivity contribution < 1.29 is 4.79 Å². The SMILES string of the molecule is Br.Nc1cc(C(Br)(C=O)c2cccc(Cl)c2)ccn1. The normalized spacial score (nSPS) is 13.2. The van der Waals surface area contributed by atoms with Gasteiger partial charge in [0.1, 0.15) is 16.4 Å². The fourth-order valence-corrected chi connectivity index (χ4v) is 2.38. The minimum absolute atomic E-state index is 0. The summed E-state index contributed by atoms with van der Waals surface area (Å²) in [5, 5.41) is 0.570. The van der Waals surface area contributed by atoms with Crippen LogP contribution in [0.2, 0.25) is 5.02 Å². The van der Waals surface area contributed by atoms with E-state index in [0.29, 0.717) is 16.4 Å². The van der Waals surface area contributed by atoms with Crippen LogP contribution in [0.5, 0.6) is 0 Å². The van der Waals surface area contributed by atoms with Gasteiger partial charge in [-0.05, 0) is 35.4 Å². The monoisotopic (exact) mass is 404 g/mol. The van der Waals surface area contributed by atoms with Gasteiger partial charge in [-0.2, -0.15) is 0 Å². The molecule has 0 bridgehead atoms. The van der Waals surface area contributed by atoms with Crippen molar-refractivity contribution >= 4 is 56.6 Å². The minimum Gasteiger partial charge on any atom is -0.384 e. The second-order valence-corrected chi connectivity index (χ2v) is 5.50. The van der Waals surface area contributed by atoms with Gasteiger partial charge in [-0.3, -0.25) is 0 Å². The topological polar surface area (TPSA) is 56.0 Å². The predicted molar refractivity (Wildman–Crippen MR) is 86.2 cm³/mol. The smallest absolute Gasteiger partial charge is 0.145 e. The Hall–Kier alpha value is -0.910. The van der Waals surface area contributed by atoms with Crippen molar-refractivity contribution in [2.75, 3.05) is 5.73 Å². The molecule has 2 N–H and O–H groups in total. The fourth-order valence-electron chi connectivity index (χ4n) is 1.69. The van der Waals surface area contributed by atoms with Gasteiger partial charge in [-0.25, -0.2) is 4.98 Å². The quantitative estimate of drug-likeness (QED) is 0.624. The lowest BCUT2D eigenvalue weighted by molar-refractivity contribution is -0.109. The number of halogens is 3. The molecule has 1 atom stereocenters. The average molecular weight is 407 g/mol. The molecule has 1 heterocycles. The fraction of sp³-hybridized carbons (Fsp3) is 0.0769. The van der Waals surface area contributed by atoms with Crippen molar-refractivity contribution in [3.63, 3.8) is 0 Å². The van der Waals surface area contributed by atoms with Crippen molar-refractivity contribution in [1.29, 1.82) is 0 Å². The van der Waals surface area contributed by atoms with Crippen LogP contribution >= 0.6 is 44.5 Å². The Morgan fingerprint density at radius 1 is 1.26 bits per heavy atom. The molecule has 0 saturated carbocycles. The number of pyridine rings is 1. The zero-order valence-electron chi connectivity index (χ0n) is 9.72. The molecule has 1 aromatic carbocycles. The molecule has 19 heavy (non-hydrogen) atoms. The van der Waals surface area contributed by atoms with Crippen LogP contribution in [-0.4, -0.2) is 11.3 Å². The summed E-state index contributed by atoms with van der Waals surface area (Å²) in [6, 6.07) is 10.5. The van der Waals surface area contributed by atoms with E-state index >= 15 is 0 Å². The Balaban J connectivity index is 0.00000180. The van der Waals surface area contributed by atoms with E-state index in [1.807, 2.05) is 6.07 Å². The Morgan fingerprint density at radius 2 is 1.95 bits per heavy atom. The van der Waals surface area contributed by atoms with Crippen molar-refractivity contribution in [3.05, 3.63) is 58.7 Å². The highest BCUT2D eigenvalue weighted by Crippen LogP contribution is 2.37. The molecule has 1 aromatic heterocycles. The third-order valence-corrected chi connectivity index (χ3v) is 3.95. The molecule has 0 spiro atoms. The van der Waals surface area contributed by atoms with Gasteiger partial charge in [0, 0.05) is 11.2 Å². The molecule has 100 valence electrons. The maximum Gasteiger partial charge on any atom is 0.145 e. The van der Waals surface area contributed by atoms with E-state index in [0.717, 1.165) is 11.8 Å². The summed E-state index contributed by atoms with van der Waals surface area (Å²) >= 11 is 9.41. The first-order chi connectivity index (χ1) is 8.56. The number of hydrogen-bond donors (Lipinski definition) is 1. The van der Waals surface area contributed by atoms with Crippen molar-refractivity contribution in [3.8, 4) is 0 Å². The molecule has 1 unspecified atom stereocenters. The van der Waals surface area contributed by atoms with E-state index in [9.17, 15) is 4.79 Å². The number of nitrogen functional groups attached to an aromatic ring is 1. The zero-order valence-corrected chi connectivity index (χ0v) is 13.8. The molecule has 0 aliphatic rings. The van der Waals surface area contributed by atoms with Crippen LogP contribution < -0.4 is 5.73 Å². The number of nitrogens with zero attached hydrogens (tertiary/aromatic N) is 1. The number of anilines is 1. The van der Waals surface area contributed by atoms with Gasteiger partial charge in [0.25, 0.3) is 0 Å². The molecule has 2 aromatic rings. The van der Waals surface area contributed by atoms with Gasteiger partial charge in [0.2, 0.25) is 0 Å². The standard InChI is InChI=1S/C13H10BrClN2O.BrH/c14-13(8-18,9-2-1-3-11(15)6-9)10-4-5-17-12(16)7-10;/h1-8H,(H2,16,17);1H. The van der Waals surface area contributed by atoms with E-state index in [4.69, 9.17) is 17.3 Å². The second-order valence-electron chi connectivity index (χ2n) is 3.81. The largest absolute Gasteiger partial charge is 0.384 e. The van der Waals surface area contributed by atoms with Gasteiger partial charge >= 0.3 is 0 Å². The zero-order chi connectivity index (χ0) is 13.2. The first-order valence-electron chi connectivity index (χ1n) is 5.19. The number of carbonyl (C=O) groups is 1. The first kappa shape index (κ1) is 16.1. The number of rotatable bonds is 3. The lowest BCUT2D eigenvalue weighted by Crippen LogP contribution is -2.22. The lowest BCUT2D eigenvalue weighted by atomic mass is 9.93. The molecule has 2 rings (SSSR count). The molecule has 0 aliphatic carbocycles. The third kappa shape index (κ3) is 3.35. The van der Waals surface area contributed by atoms with Gasteiger partial charge in [-0.15, -0.1) is 17.0 Å². The van der Waals surface area contributed by atoms with Gasteiger partial charge in [0.05, 0.1) is 0 Å². The average Bonchev–Trinajstić information content (AvgIpc) is 2.38. The number of hydrogen-bond acceptors (Lipinski definition) is 3. The summed E-state index contributed by atoms with van der Waals surface area (Å²) in [5.41, 5.74) is 7.11. The first-order valence-corrected chi connectivity index (χ1v) is 6.36. The molecule has 0 aliphatic heterocycles. The van der Waals surface area contributed by atoms with Gasteiger partial charge in [-0.1, -0.05) is 39.7 Å².